The number of anilines is 1. The summed E-state index contributed by atoms with van der Waals surface area (Å²) >= 11 is 0. The second-order valence-corrected chi connectivity index (χ2v) is 9.12. The number of ether oxygens (including phenoxy) is 1. The van der Waals surface area contributed by atoms with Crippen LogP contribution >= 0.6 is 0 Å². The maximum atomic E-state index is 12.4. The van der Waals surface area contributed by atoms with Crippen LogP contribution in [-0.4, -0.2) is 64.4 Å². The van der Waals surface area contributed by atoms with Crippen molar-refractivity contribution >= 4 is 34.5 Å². The first-order chi connectivity index (χ1) is 14.6. The second kappa shape index (κ2) is 7.86. The first-order valence-corrected chi connectivity index (χ1v) is 10.7. The van der Waals surface area contributed by atoms with Crippen LogP contribution in [0.2, 0.25) is 0 Å². The molecule has 166 valence electrons. The highest BCUT2D eigenvalue weighted by atomic mass is 16.6. The van der Waals surface area contributed by atoms with Gasteiger partial charge in [0.1, 0.15) is 11.6 Å². The van der Waals surface area contributed by atoms with Gasteiger partial charge in [0, 0.05) is 43.7 Å². The van der Waals surface area contributed by atoms with E-state index in [9.17, 15) is 14.4 Å². The number of carbonyl (C=O) groups is 3. The number of aryl methyl sites for hydroxylation is 1. The number of piperazine rings is 1. The van der Waals surface area contributed by atoms with Crippen molar-refractivity contribution in [3.05, 3.63) is 23.9 Å². The van der Waals surface area contributed by atoms with Gasteiger partial charge in [0.15, 0.2) is 0 Å². The molecule has 0 spiro atoms. The van der Waals surface area contributed by atoms with E-state index in [2.05, 4.69) is 21.4 Å². The van der Waals surface area contributed by atoms with Crippen molar-refractivity contribution in [3.8, 4) is 0 Å². The van der Waals surface area contributed by atoms with E-state index < -0.39 is 11.6 Å². The molecule has 0 aliphatic carbocycles. The van der Waals surface area contributed by atoms with E-state index in [1.54, 1.807) is 9.58 Å². The lowest BCUT2D eigenvalue weighted by Crippen LogP contribution is -2.50. The number of imide groups is 1. The highest BCUT2D eigenvalue weighted by Gasteiger charge is 2.31. The van der Waals surface area contributed by atoms with Crippen molar-refractivity contribution in [3.63, 3.8) is 0 Å². The molecule has 0 saturated carbocycles. The van der Waals surface area contributed by atoms with Gasteiger partial charge in [-0.1, -0.05) is 6.07 Å². The third-order valence-electron chi connectivity index (χ3n) is 5.66. The van der Waals surface area contributed by atoms with Crippen LogP contribution in [0.1, 0.15) is 45.3 Å². The molecule has 9 nitrogen and oxygen atoms in total. The number of aromatic nitrogens is 2. The topological polar surface area (TPSA) is 96.8 Å². The van der Waals surface area contributed by atoms with Crippen LogP contribution in [0.15, 0.2) is 18.2 Å². The summed E-state index contributed by atoms with van der Waals surface area (Å²) in [6.07, 6.45) is 0.468. The van der Waals surface area contributed by atoms with Crippen molar-refractivity contribution in [1.29, 1.82) is 0 Å². The zero-order chi connectivity index (χ0) is 22.3. The quantitative estimate of drug-likeness (QED) is 0.739. The Morgan fingerprint density at radius 1 is 1.16 bits per heavy atom. The Morgan fingerprint density at radius 2 is 1.87 bits per heavy atom. The average Bonchev–Trinajstić information content (AvgIpc) is 3.03. The van der Waals surface area contributed by atoms with Gasteiger partial charge in [-0.05, 0) is 46.2 Å². The Hall–Kier alpha value is -3.10. The Kier molecular flexibility index (Phi) is 5.36. The smallest absolute Gasteiger partial charge is 0.410 e. The number of rotatable bonds is 2. The van der Waals surface area contributed by atoms with Crippen molar-refractivity contribution in [2.24, 2.45) is 0 Å². The van der Waals surface area contributed by atoms with Crippen molar-refractivity contribution in [1.82, 2.24) is 20.0 Å². The molecule has 3 amide bonds. The van der Waals surface area contributed by atoms with Crippen LogP contribution in [0.4, 0.5) is 10.5 Å². The van der Waals surface area contributed by atoms with Crippen LogP contribution in [0.5, 0.6) is 0 Å². The minimum Gasteiger partial charge on any atom is -0.444 e. The zero-order valence-electron chi connectivity index (χ0n) is 18.5. The minimum atomic E-state index is -0.512. The standard InChI is InChI=1S/C22H29N5O4/c1-14-19-15(25-10-12-26(13-11-25)21(30)31-22(2,3)4)6-5-7-16(19)27(24-14)17-8-9-18(28)23-20(17)29/h5-7,17H,8-13H2,1-4H3,(H,23,28,29). The molecule has 2 saturated heterocycles. The molecular weight excluding hydrogens is 398 g/mol. The molecule has 9 heteroatoms. The summed E-state index contributed by atoms with van der Waals surface area (Å²) in [5, 5.41) is 8.07. The fraction of sp³-hybridized carbons (Fsp3) is 0.545. The monoisotopic (exact) mass is 427 g/mol. The lowest BCUT2D eigenvalue weighted by molar-refractivity contribution is -0.135. The maximum Gasteiger partial charge on any atom is 0.410 e. The van der Waals surface area contributed by atoms with E-state index in [-0.39, 0.29) is 17.9 Å². The largest absolute Gasteiger partial charge is 0.444 e. The molecule has 1 unspecified atom stereocenters. The number of fused-ring (bicyclic) bond motifs is 1. The maximum absolute atomic E-state index is 12.4. The van der Waals surface area contributed by atoms with Crippen LogP contribution in [0, 0.1) is 6.92 Å². The molecule has 1 atom stereocenters. The van der Waals surface area contributed by atoms with Crippen LogP contribution < -0.4 is 10.2 Å². The number of piperidine rings is 1. The predicted octanol–water partition coefficient (Wildman–Crippen LogP) is 2.38. The van der Waals surface area contributed by atoms with Crippen LogP contribution in [0.25, 0.3) is 10.9 Å². The van der Waals surface area contributed by atoms with Crippen molar-refractivity contribution in [2.75, 3.05) is 31.1 Å². The molecule has 1 aromatic carbocycles. The summed E-state index contributed by atoms with van der Waals surface area (Å²) in [4.78, 5) is 40.3. The van der Waals surface area contributed by atoms with Gasteiger partial charge in [-0.3, -0.25) is 19.6 Å². The summed E-state index contributed by atoms with van der Waals surface area (Å²) in [7, 11) is 0. The molecule has 1 N–H and O–H groups in total. The predicted molar refractivity (Wildman–Crippen MR) is 116 cm³/mol. The van der Waals surface area contributed by atoms with Crippen LogP contribution in [-0.2, 0) is 14.3 Å². The first kappa shape index (κ1) is 21.1. The van der Waals surface area contributed by atoms with E-state index in [1.807, 2.05) is 39.8 Å². The summed E-state index contributed by atoms with van der Waals surface area (Å²) in [6, 6.07) is 5.48. The number of carbonyl (C=O) groups excluding carboxylic acids is 3. The van der Waals surface area contributed by atoms with Crippen LogP contribution in [0.3, 0.4) is 0 Å². The molecule has 2 aliphatic rings. The van der Waals surface area contributed by atoms with E-state index >= 15 is 0 Å². The molecule has 31 heavy (non-hydrogen) atoms. The molecule has 3 heterocycles. The second-order valence-electron chi connectivity index (χ2n) is 9.12. The Balaban J connectivity index is 1.56. The van der Waals surface area contributed by atoms with E-state index in [4.69, 9.17) is 4.74 Å². The summed E-state index contributed by atoms with van der Waals surface area (Å²) in [5.41, 5.74) is 2.24. The SMILES string of the molecule is Cc1nn(C2CCC(=O)NC2=O)c2cccc(N3CCN(C(=O)OC(C)(C)C)CC3)c12. The lowest BCUT2D eigenvalue weighted by atomic mass is 10.1. The first-order valence-electron chi connectivity index (χ1n) is 10.7. The Bertz CT molecular complexity index is 1030. The molecule has 2 aromatic rings. The molecule has 1 aromatic heterocycles. The van der Waals surface area contributed by atoms with Gasteiger partial charge < -0.3 is 14.5 Å². The van der Waals surface area contributed by atoms with Gasteiger partial charge in [0.05, 0.1) is 11.2 Å². The number of hydrogen-bond donors (Lipinski definition) is 1. The molecule has 0 bridgehead atoms. The Morgan fingerprint density at radius 3 is 2.52 bits per heavy atom. The summed E-state index contributed by atoms with van der Waals surface area (Å²) in [6.45, 7) is 10.0. The van der Waals surface area contributed by atoms with E-state index in [1.165, 1.54) is 0 Å². The number of nitrogens with one attached hydrogen (secondary N) is 1. The fourth-order valence-electron chi connectivity index (χ4n) is 4.23. The minimum absolute atomic E-state index is 0.238. The zero-order valence-corrected chi connectivity index (χ0v) is 18.5. The number of hydrogen-bond acceptors (Lipinski definition) is 6. The van der Waals surface area contributed by atoms with Gasteiger partial charge in [-0.2, -0.15) is 5.10 Å². The highest BCUT2D eigenvalue weighted by Crippen LogP contribution is 2.33. The van der Waals surface area contributed by atoms with E-state index in [0.29, 0.717) is 39.0 Å². The van der Waals surface area contributed by atoms with Crippen molar-refractivity contribution < 1.29 is 19.1 Å². The lowest BCUT2D eigenvalue weighted by Gasteiger charge is -2.37. The molecule has 2 fully saturated rings. The van der Waals surface area contributed by atoms with Gasteiger partial charge in [0.2, 0.25) is 5.91 Å². The number of nitrogens with zero attached hydrogens (tertiary/aromatic N) is 4. The normalized spacial score (nSPS) is 20.2. The highest BCUT2D eigenvalue weighted by molar-refractivity contribution is 6.01. The number of amides is 3. The molecule has 0 radical (unpaired) electrons. The molecular formula is C22H29N5O4. The summed E-state index contributed by atoms with van der Waals surface area (Å²) in [5.74, 6) is -0.546. The average molecular weight is 428 g/mol. The summed E-state index contributed by atoms with van der Waals surface area (Å²) < 4.78 is 7.23. The van der Waals surface area contributed by atoms with E-state index in [0.717, 1.165) is 22.3 Å². The van der Waals surface area contributed by atoms with Gasteiger partial charge in [-0.25, -0.2) is 4.79 Å². The molecule has 2 aliphatic heterocycles. The third kappa shape index (κ3) is 4.22. The van der Waals surface area contributed by atoms with Gasteiger partial charge in [0.25, 0.3) is 5.91 Å². The van der Waals surface area contributed by atoms with Gasteiger partial charge >= 0.3 is 6.09 Å². The van der Waals surface area contributed by atoms with Crippen molar-refractivity contribution in [2.45, 2.75) is 52.2 Å². The number of benzene rings is 1. The fourth-order valence-corrected chi connectivity index (χ4v) is 4.23. The molecule has 4 rings (SSSR count). The van der Waals surface area contributed by atoms with Gasteiger partial charge in [-0.15, -0.1) is 0 Å². The Labute approximate surface area is 181 Å². The third-order valence-corrected chi connectivity index (χ3v) is 5.66.